The Morgan fingerprint density at radius 3 is 2.61 bits per heavy atom. The highest BCUT2D eigenvalue weighted by atomic mass is 16.2. The van der Waals surface area contributed by atoms with Crippen LogP contribution in [0.15, 0.2) is 39.9 Å². The van der Waals surface area contributed by atoms with Crippen LogP contribution in [-0.2, 0) is 31.4 Å². The van der Waals surface area contributed by atoms with E-state index in [1.807, 2.05) is 22.8 Å². The van der Waals surface area contributed by atoms with Crippen molar-refractivity contribution in [2.45, 2.75) is 32.9 Å². The smallest absolute Gasteiger partial charge is 0.332 e. The Bertz CT molecular complexity index is 1160. The van der Waals surface area contributed by atoms with Crippen LogP contribution in [0.1, 0.15) is 18.9 Å². The molecule has 0 spiro atoms. The number of aryl methyl sites for hydroxylation is 2. The molecule has 8 nitrogen and oxygen atoms in total. The number of anilines is 1. The second-order valence-corrected chi connectivity index (χ2v) is 7.25. The van der Waals surface area contributed by atoms with Gasteiger partial charge in [-0.15, -0.1) is 0 Å². The third-order valence-electron chi connectivity index (χ3n) is 5.20. The molecule has 0 bridgehead atoms. The normalized spacial score (nSPS) is 13.7. The largest absolute Gasteiger partial charge is 0.342 e. The van der Waals surface area contributed by atoms with Crippen LogP contribution in [0, 0.1) is 0 Å². The number of fused-ring (bicyclic) bond motifs is 3. The van der Waals surface area contributed by atoms with Crippen LogP contribution in [0.25, 0.3) is 11.2 Å². The van der Waals surface area contributed by atoms with E-state index in [2.05, 4.69) is 22.0 Å². The molecular formula is C20H23N5O3. The summed E-state index contributed by atoms with van der Waals surface area (Å²) < 4.78 is 4.26. The fourth-order valence-electron chi connectivity index (χ4n) is 3.82. The molecule has 0 saturated heterocycles. The molecule has 8 heteroatoms. The van der Waals surface area contributed by atoms with Crippen molar-refractivity contribution in [2.75, 3.05) is 18.0 Å². The van der Waals surface area contributed by atoms with E-state index in [1.54, 1.807) is 7.05 Å². The van der Waals surface area contributed by atoms with E-state index < -0.39 is 11.2 Å². The number of benzene rings is 1. The van der Waals surface area contributed by atoms with Gasteiger partial charge in [-0.05, 0) is 25.3 Å². The van der Waals surface area contributed by atoms with Crippen LogP contribution in [0.3, 0.4) is 0 Å². The SMILES string of the molecule is CC(=O)Cn1c(=O)c2c(nc3n2CCCN3CCc2ccccc2)n(C)c1=O. The summed E-state index contributed by atoms with van der Waals surface area (Å²) in [5.41, 5.74) is 1.04. The van der Waals surface area contributed by atoms with Crippen molar-refractivity contribution in [3.8, 4) is 0 Å². The zero-order valence-electron chi connectivity index (χ0n) is 16.1. The van der Waals surface area contributed by atoms with E-state index in [0.29, 0.717) is 23.7 Å². The molecule has 0 amide bonds. The second kappa shape index (κ2) is 7.10. The molecule has 1 aliphatic heterocycles. The number of aromatic nitrogens is 4. The molecule has 1 aromatic carbocycles. The number of imidazole rings is 1. The Morgan fingerprint density at radius 2 is 1.89 bits per heavy atom. The molecule has 2 aromatic heterocycles. The summed E-state index contributed by atoms with van der Waals surface area (Å²) in [5, 5.41) is 0. The van der Waals surface area contributed by atoms with Crippen molar-refractivity contribution < 1.29 is 4.79 Å². The number of carbonyl (C=O) groups excluding carboxylic acids is 1. The Balaban J connectivity index is 1.78. The summed E-state index contributed by atoms with van der Waals surface area (Å²) >= 11 is 0. The van der Waals surface area contributed by atoms with Gasteiger partial charge < -0.3 is 9.47 Å². The van der Waals surface area contributed by atoms with E-state index in [4.69, 9.17) is 0 Å². The summed E-state index contributed by atoms with van der Waals surface area (Å²) in [5.74, 6) is 0.478. The molecule has 0 unspecified atom stereocenters. The van der Waals surface area contributed by atoms with E-state index >= 15 is 0 Å². The van der Waals surface area contributed by atoms with Crippen LogP contribution < -0.4 is 16.1 Å². The van der Waals surface area contributed by atoms with Crippen molar-refractivity contribution in [3.05, 3.63) is 56.7 Å². The molecular weight excluding hydrogens is 358 g/mol. The average molecular weight is 381 g/mol. The Kier molecular flexibility index (Phi) is 4.62. The maximum atomic E-state index is 13.0. The molecule has 146 valence electrons. The lowest BCUT2D eigenvalue weighted by Gasteiger charge is -2.29. The van der Waals surface area contributed by atoms with Crippen LogP contribution in [0.5, 0.6) is 0 Å². The standard InChI is InChI=1S/C20H23N5O3/c1-14(26)13-25-18(27)16-17(22(2)20(25)28)21-19-23(10-6-11-24(16)19)12-9-15-7-4-3-5-8-15/h3-5,7-8H,6,9-13H2,1-2H3. The quantitative estimate of drug-likeness (QED) is 0.657. The van der Waals surface area contributed by atoms with Gasteiger partial charge in [-0.25, -0.2) is 4.79 Å². The lowest BCUT2D eigenvalue weighted by molar-refractivity contribution is -0.117. The van der Waals surface area contributed by atoms with Crippen LogP contribution in [-0.4, -0.2) is 37.6 Å². The van der Waals surface area contributed by atoms with E-state index in [9.17, 15) is 14.4 Å². The minimum absolute atomic E-state index is 0.223. The first-order chi connectivity index (χ1) is 13.5. The lowest BCUT2D eigenvalue weighted by atomic mass is 10.1. The van der Waals surface area contributed by atoms with Crippen molar-refractivity contribution >= 4 is 22.9 Å². The molecule has 28 heavy (non-hydrogen) atoms. The van der Waals surface area contributed by atoms with Gasteiger partial charge in [0.15, 0.2) is 11.2 Å². The minimum atomic E-state index is -0.515. The first kappa shape index (κ1) is 18.2. The number of rotatable bonds is 5. The van der Waals surface area contributed by atoms with Gasteiger partial charge in [0, 0.05) is 26.7 Å². The van der Waals surface area contributed by atoms with Crippen molar-refractivity contribution in [1.82, 2.24) is 18.7 Å². The number of carbonyl (C=O) groups is 1. The molecule has 3 aromatic rings. The highest BCUT2D eigenvalue weighted by Gasteiger charge is 2.26. The molecule has 3 heterocycles. The fourth-order valence-corrected chi connectivity index (χ4v) is 3.82. The van der Waals surface area contributed by atoms with Crippen molar-refractivity contribution in [1.29, 1.82) is 0 Å². The number of nitrogens with zero attached hydrogens (tertiary/aromatic N) is 5. The van der Waals surface area contributed by atoms with Gasteiger partial charge in [-0.2, -0.15) is 4.98 Å². The molecule has 0 fully saturated rings. The topological polar surface area (TPSA) is 82.1 Å². The summed E-state index contributed by atoms with van der Waals surface area (Å²) in [7, 11) is 1.59. The summed E-state index contributed by atoms with van der Waals surface area (Å²) in [4.78, 5) is 43.9. The molecule has 4 rings (SSSR count). The first-order valence-electron chi connectivity index (χ1n) is 9.45. The van der Waals surface area contributed by atoms with Crippen LogP contribution in [0.4, 0.5) is 5.95 Å². The van der Waals surface area contributed by atoms with Crippen molar-refractivity contribution in [2.24, 2.45) is 7.05 Å². The van der Waals surface area contributed by atoms with Gasteiger partial charge in [-0.1, -0.05) is 30.3 Å². The molecule has 0 saturated carbocycles. The number of Topliss-reactive ketones (excluding diaryl/α,β-unsaturated/α-hetero) is 1. The second-order valence-electron chi connectivity index (χ2n) is 7.25. The number of hydrogen-bond donors (Lipinski definition) is 0. The highest BCUT2D eigenvalue weighted by molar-refractivity contribution is 5.77. The van der Waals surface area contributed by atoms with E-state index in [1.165, 1.54) is 17.1 Å². The third kappa shape index (κ3) is 3.04. The molecule has 1 aliphatic rings. The lowest BCUT2D eigenvalue weighted by Crippen LogP contribution is -2.41. The zero-order valence-corrected chi connectivity index (χ0v) is 16.1. The van der Waals surface area contributed by atoms with Crippen LogP contribution >= 0.6 is 0 Å². The summed E-state index contributed by atoms with van der Waals surface area (Å²) in [6.45, 7) is 3.45. The fraction of sp³-hybridized carbons (Fsp3) is 0.400. The van der Waals surface area contributed by atoms with Gasteiger partial charge in [-0.3, -0.25) is 18.7 Å². The Morgan fingerprint density at radius 1 is 1.14 bits per heavy atom. The van der Waals surface area contributed by atoms with Crippen LogP contribution in [0.2, 0.25) is 0 Å². The van der Waals surface area contributed by atoms with E-state index in [-0.39, 0.29) is 12.3 Å². The molecule has 0 atom stereocenters. The maximum Gasteiger partial charge on any atom is 0.332 e. The highest BCUT2D eigenvalue weighted by Crippen LogP contribution is 2.24. The number of ketones is 1. The zero-order chi connectivity index (χ0) is 19.8. The molecule has 0 radical (unpaired) electrons. The predicted octanol–water partition coefficient (Wildman–Crippen LogP) is 0.938. The third-order valence-corrected chi connectivity index (χ3v) is 5.20. The molecule has 0 N–H and O–H groups in total. The maximum absolute atomic E-state index is 13.0. The van der Waals surface area contributed by atoms with Gasteiger partial charge >= 0.3 is 5.69 Å². The van der Waals surface area contributed by atoms with Crippen molar-refractivity contribution in [3.63, 3.8) is 0 Å². The van der Waals surface area contributed by atoms with Gasteiger partial charge in [0.05, 0.1) is 6.54 Å². The van der Waals surface area contributed by atoms with Gasteiger partial charge in [0.2, 0.25) is 5.95 Å². The monoisotopic (exact) mass is 381 g/mol. The van der Waals surface area contributed by atoms with E-state index in [0.717, 1.165) is 30.5 Å². The summed E-state index contributed by atoms with van der Waals surface area (Å²) in [6, 6.07) is 10.2. The van der Waals surface area contributed by atoms with Gasteiger partial charge in [0.25, 0.3) is 5.56 Å². The van der Waals surface area contributed by atoms with Gasteiger partial charge in [0.1, 0.15) is 5.78 Å². The average Bonchev–Trinajstić information content (AvgIpc) is 3.09. The molecule has 0 aliphatic carbocycles. The summed E-state index contributed by atoms with van der Waals surface area (Å²) in [6.07, 6.45) is 1.76. The Hall–Kier alpha value is -3.16. The predicted molar refractivity (Wildman–Crippen MR) is 107 cm³/mol. The number of hydrogen-bond acceptors (Lipinski definition) is 5. The Labute approximate surface area is 161 Å². The minimum Gasteiger partial charge on any atom is -0.342 e. The first-order valence-corrected chi connectivity index (χ1v) is 9.45.